The molecule has 0 atom stereocenters. The van der Waals surface area contributed by atoms with Crippen LogP contribution in [0.2, 0.25) is 0 Å². The minimum Gasteiger partial charge on any atom is -0.496 e. The normalized spacial score (nSPS) is 11.8. The van der Waals surface area contributed by atoms with Crippen LogP contribution in [0, 0.1) is 0 Å². The van der Waals surface area contributed by atoms with Gasteiger partial charge in [-0.1, -0.05) is 6.92 Å². The maximum Gasteiger partial charge on any atom is 0.242 e. The van der Waals surface area contributed by atoms with E-state index in [9.17, 15) is 8.42 Å². The van der Waals surface area contributed by atoms with E-state index in [0.29, 0.717) is 17.9 Å². The predicted molar refractivity (Wildman–Crippen MR) is 64.4 cm³/mol. The first kappa shape index (κ1) is 14.0. The number of aliphatic hydroxyl groups is 1. The summed E-state index contributed by atoms with van der Waals surface area (Å²) < 4.78 is 30.3. The van der Waals surface area contributed by atoms with Crippen LogP contribution in [0.5, 0.6) is 5.75 Å². The molecule has 5 nitrogen and oxygen atoms in total. The minimum atomic E-state index is -3.48. The van der Waals surface area contributed by atoms with Crippen LogP contribution in [-0.4, -0.2) is 38.5 Å². The molecule has 0 bridgehead atoms. The highest BCUT2D eigenvalue weighted by atomic mass is 32.2. The second kappa shape index (κ2) is 5.48. The molecule has 1 aromatic carbocycles. The maximum absolute atomic E-state index is 12.0. The molecule has 0 aliphatic heterocycles. The lowest BCUT2D eigenvalue weighted by molar-refractivity contribution is 0.273. The topological polar surface area (TPSA) is 66.8 Å². The monoisotopic (exact) mass is 259 g/mol. The zero-order valence-corrected chi connectivity index (χ0v) is 11.0. The van der Waals surface area contributed by atoms with E-state index >= 15 is 0 Å². The van der Waals surface area contributed by atoms with E-state index in [2.05, 4.69) is 0 Å². The maximum atomic E-state index is 12.0. The summed E-state index contributed by atoms with van der Waals surface area (Å²) in [6.45, 7) is 1.89. The third-order valence-electron chi connectivity index (χ3n) is 2.58. The highest BCUT2D eigenvalue weighted by Gasteiger charge is 2.20. The Hall–Kier alpha value is -1.11. The number of hydrogen-bond donors (Lipinski definition) is 1. The summed E-state index contributed by atoms with van der Waals surface area (Å²) in [5.41, 5.74) is 0.457. The molecule has 0 aliphatic carbocycles. The molecule has 1 N–H and O–H groups in total. The van der Waals surface area contributed by atoms with Gasteiger partial charge in [-0.05, 0) is 18.2 Å². The van der Waals surface area contributed by atoms with Gasteiger partial charge in [0.25, 0.3) is 0 Å². The van der Waals surface area contributed by atoms with Crippen molar-refractivity contribution in [2.45, 2.75) is 18.4 Å². The lowest BCUT2D eigenvalue weighted by atomic mass is 10.2. The summed E-state index contributed by atoms with van der Waals surface area (Å²) in [5, 5.41) is 9.15. The number of methoxy groups -OCH3 is 1. The van der Waals surface area contributed by atoms with Gasteiger partial charge in [0.1, 0.15) is 5.75 Å². The van der Waals surface area contributed by atoms with Crippen molar-refractivity contribution in [3.8, 4) is 5.75 Å². The summed E-state index contributed by atoms with van der Waals surface area (Å²) >= 11 is 0. The summed E-state index contributed by atoms with van der Waals surface area (Å²) in [6.07, 6.45) is 0. The van der Waals surface area contributed by atoms with Gasteiger partial charge >= 0.3 is 0 Å². The largest absolute Gasteiger partial charge is 0.496 e. The van der Waals surface area contributed by atoms with Crippen molar-refractivity contribution >= 4 is 10.0 Å². The van der Waals surface area contributed by atoms with Crippen molar-refractivity contribution in [2.24, 2.45) is 0 Å². The Bertz CT molecular complexity index is 484. The molecule has 0 heterocycles. The Morgan fingerprint density at radius 2 is 2.06 bits per heavy atom. The molecular weight excluding hydrogens is 242 g/mol. The standard InChI is InChI=1S/C11H17NO4S/c1-4-12(2)17(14,15)10-5-6-11(16-3)9(7-10)8-13/h5-7,13H,4,8H2,1-3H3. The molecule has 0 spiro atoms. The van der Waals surface area contributed by atoms with Gasteiger partial charge in [0.2, 0.25) is 10.0 Å². The molecule has 0 aliphatic rings. The highest BCUT2D eigenvalue weighted by molar-refractivity contribution is 7.89. The molecule has 0 unspecified atom stereocenters. The van der Waals surface area contributed by atoms with E-state index in [0.717, 1.165) is 0 Å². The van der Waals surface area contributed by atoms with Gasteiger partial charge in [0, 0.05) is 19.2 Å². The van der Waals surface area contributed by atoms with Gasteiger partial charge in [-0.25, -0.2) is 12.7 Å². The van der Waals surface area contributed by atoms with Crippen molar-refractivity contribution in [3.05, 3.63) is 23.8 Å². The number of nitrogens with zero attached hydrogens (tertiary/aromatic N) is 1. The number of rotatable bonds is 5. The van der Waals surface area contributed by atoms with Crippen LogP contribution in [0.15, 0.2) is 23.1 Å². The van der Waals surface area contributed by atoms with Crippen LogP contribution in [0.4, 0.5) is 0 Å². The second-order valence-corrected chi connectivity index (χ2v) is 5.60. The molecule has 1 rings (SSSR count). The van der Waals surface area contributed by atoms with Crippen LogP contribution < -0.4 is 4.74 Å². The van der Waals surface area contributed by atoms with Crippen LogP contribution in [-0.2, 0) is 16.6 Å². The molecule has 0 saturated carbocycles. The minimum absolute atomic E-state index is 0.159. The van der Waals surface area contributed by atoms with E-state index in [1.165, 1.54) is 30.6 Å². The fraction of sp³-hybridized carbons (Fsp3) is 0.455. The Labute approximate surface area is 102 Å². The van der Waals surface area contributed by atoms with Crippen LogP contribution in [0.3, 0.4) is 0 Å². The number of sulfonamides is 1. The first-order chi connectivity index (χ1) is 7.97. The average Bonchev–Trinajstić information content (AvgIpc) is 2.36. The van der Waals surface area contributed by atoms with E-state index in [1.807, 2.05) is 0 Å². The highest BCUT2D eigenvalue weighted by Crippen LogP contribution is 2.23. The van der Waals surface area contributed by atoms with Crippen molar-refractivity contribution in [3.63, 3.8) is 0 Å². The lowest BCUT2D eigenvalue weighted by Crippen LogP contribution is -2.26. The molecule has 0 fully saturated rings. The SMILES string of the molecule is CCN(C)S(=O)(=O)c1ccc(OC)c(CO)c1. The number of ether oxygens (including phenoxy) is 1. The van der Waals surface area contributed by atoms with Gasteiger partial charge in [-0.3, -0.25) is 0 Å². The predicted octanol–water partition coefficient (Wildman–Crippen LogP) is 0.828. The molecule has 6 heteroatoms. The molecule has 0 saturated heterocycles. The van der Waals surface area contributed by atoms with E-state index in [4.69, 9.17) is 9.84 Å². The van der Waals surface area contributed by atoms with Gasteiger partial charge < -0.3 is 9.84 Å². The fourth-order valence-electron chi connectivity index (χ4n) is 1.39. The van der Waals surface area contributed by atoms with Gasteiger partial charge in [-0.2, -0.15) is 0 Å². The molecular formula is C11H17NO4S. The van der Waals surface area contributed by atoms with E-state index in [1.54, 1.807) is 13.0 Å². The van der Waals surface area contributed by atoms with Crippen molar-refractivity contribution < 1.29 is 18.3 Å². The Morgan fingerprint density at radius 3 is 2.53 bits per heavy atom. The quantitative estimate of drug-likeness (QED) is 0.850. The fourth-order valence-corrected chi connectivity index (χ4v) is 2.62. The molecule has 96 valence electrons. The summed E-state index contributed by atoms with van der Waals surface area (Å²) in [5.74, 6) is 0.477. The lowest BCUT2D eigenvalue weighted by Gasteiger charge is -2.16. The molecule has 1 aromatic rings. The number of aliphatic hydroxyl groups excluding tert-OH is 1. The summed E-state index contributed by atoms with van der Waals surface area (Å²) in [7, 11) is -0.495. The van der Waals surface area contributed by atoms with Crippen molar-refractivity contribution in [1.82, 2.24) is 4.31 Å². The third-order valence-corrected chi connectivity index (χ3v) is 4.50. The zero-order valence-electron chi connectivity index (χ0n) is 10.2. The number of benzene rings is 1. The number of hydrogen-bond acceptors (Lipinski definition) is 4. The van der Waals surface area contributed by atoms with Gasteiger partial charge in [0.15, 0.2) is 0 Å². The Kier molecular flexibility index (Phi) is 4.50. The first-order valence-corrected chi connectivity index (χ1v) is 6.65. The second-order valence-electron chi connectivity index (χ2n) is 3.55. The zero-order chi connectivity index (χ0) is 13.1. The molecule has 0 aromatic heterocycles. The Morgan fingerprint density at radius 1 is 1.41 bits per heavy atom. The van der Waals surface area contributed by atoms with Gasteiger partial charge in [-0.15, -0.1) is 0 Å². The molecule has 0 amide bonds. The third kappa shape index (κ3) is 2.77. The van der Waals surface area contributed by atoms with Crippen molar-refractivity contribution in [2.75, 3.05) is 20.7 Å². The average molecular weight is 259 g/mol. The smallest absolute Gasteiger partial charge is 0.242 e. The summed E-state index contributed by atoms with van der Waals surface area (Å²) in [6, 6.07) is 4.45. The summed E-state index contributed by atoms with van der Waals surface area (Å²) in [4.78, 5) is 0.159. The van der Waals surface area contributed by atoms with Crippen LogP contribution in [0.1, 0.15) is 12.5 Å². The van der Waals surface area contributed by atoms with Crippen molar-refractivity contribution in [1.29, 1.82) is 0 Å². The van der Waals surface area contributed by atoms with E-state index < -0.39 is 10.0 Å². The van der Waals surface area contributed by atoms with E-state index in [-0.39, 0.29) is 11.5 Å². The van der Waals surface area contributed by atoms with Gasteiger partial charge in [0.05, 0.1) is 18.6 Å². The first-order valence-electron chi connectivity index (χ1n) is 5.21. The molecule has 17 heavy (non-hydrogen) atoms. The van der Waals surface area contributed by atoms with Crippen LogP contribution in [0.25, 0.3) is 0 Å². The van der Waals surface area contributed by atoms with Crippen LogP contribution >= 0.6 is 0 Å². The molecule has 0 radical (unpaired) electrons. The Balaban J connectivity index is 3.25.